The lowest BCUT2D eigenvalue weighted by Gasteiger charge is -2.37. The Morgan fingerprint density at radius 2 is 1.90 bits per heavy atom. The first kappa shape index (κ1) is 26.2. The molecule has 1 fully saturated rings. The second-order valence-electron chi connectivity index (χ2n) is 10.4. The number of amides is 3. The number of aromatic hydroxyl groups is 1. The Morgan fingerprint density at radius 3 is 2.62 bits per heavy atom. The molecule has 0 saturated heterocycles. The number of hydrogen-bond acceptors (Lipinski definition) is 7. The summed E-state index contributed by atoms with van der Waals surface area (Å²) in [6.07, 6.45) is 4.70. The third kappa shape index (κ3) is 4.57. The van der Waals surface area contributed by atoms with Crippen LogP contribution in [0.1, 0.15) is 72.5 Å². The summed E-state index contributed by atoms with van der Waals surface area (Å²) in [6.45, 7) is 4.39. The minimum Gasteiger partial charge on any atom is -0.503 e. The van der Waals surface area contributed by atoms with Gasteiger partial charge in [0.1, 0.15) is 5.54 Å². The van der Waals surface area contributed by atoms with Crippen molar-refractivity contribution in [2.24, 2.45) is 0 Å². The number of rotatable bonds is 6. The van der Waals surface area contributed by atoms with Gasteiger partial charge >= 0.3 is 5.69 Å². The van der Waals surface area contributed by atoms with Crippen LogP contribution in [-0.2, 0) is 17.9 Å². The first-order valence-electron chi connectivity index (χ1n) is 13.1. The summed E-state index contributed by atoms with van der Waals surface area (Å²) in [7, 11) is 0. The Labute approximate surface area is 222 Å². The molecule has 0 bridgehead atoms. The minimum atomic E-state index is -1.20. The third-order valence-corrected chi connectivity index (χ3v) is 7.64. The average Bonchev–Trinajstić information content (AvgIpc) is 3.30. The van der Waals surface area contributed by atoms with Gasteiger partial charge in [-0.15, -0.1) is 0 Å². The maximum Gasteiger partial charge on any atom is 0.347 e. The number of nitrogens with zero attached hydrogens (tertiary/aromatic N) is 4. The summed E-state index contributed by atoms with van der Waals surface area (Å²) in [4.78, 5) is 66.0. The van der Waals surface area contributed by atoms with Gasteiger partial charge in [-0.2, -0.15) is 5.10 Å². The van der Waals surface area contributed by atoms with E-state index in [0.29, 0.717) is 31.6 Å². The molecule has 2 aliphatic rings. The molecule has 3 amide bonds. The molecule has 5 rings (SSSR count). The van der Waals surface area contributed by atoms with E-state index in [1.54, 1.807) is 15.5 Å². The van der Waals surface area contributed by atoms with Crippen molar-refractivity contribution >= 4 is 23.4 Å². The normalized spacial score (nSPS) is 16.8. The maximum atomic E-state index is 13.6. The molecule has 1 aliphatic heterocycles. The first-order valence-corrected chi connectivity index (χ1v) is 13.1. The number of aromatic nitrogens is 4. The van der Waals surface area contributed by atoms with Crippen LogP contribution in [0.4, 0.5) is 0 Å². The van der Waals surface area contributed by atoms with E-state index in [0.717, 1.165) is 19.3 Å². The molecule has 4 N–H and O–H groups in total. The van der Waals surface area contributed by atoms with Crippen molar-refractivity contribution in [1.29, 1.82) is 0 Å². The molecule has 13 heteroatoms. The van der Waals surface area contributed by atoms with Gasteiger partial charge in [0.2, 0.25) is 11.3 Å². The van der Waals surface area contributed by atoms with Gasteiger partial charge in [-0.05, 0) is 38.8 Å². The zero-order chi connectivity index (χ0) is 27.9. The molecule has 0 atom stereocenters. The van der Waals surface area contributed by atoms with Crippen LogP contribution in [0.2, 0.25) is 0 Å². The van der Waals surface area contributed by atoms with Gasteiger partial charge in [-0.3, -0.25) is 19.2 Å². The van der Waals surface area contributed by atoms with Crippen molar-refractivity contribution in [2.45, 2.75) is 70.6 Å². The smallest absolute Gasteiger partial charge is 0.347 e. The predicted octanol–water partition coefficient (Wildman–Crippen LogP) is 0.503. The van der Waals surface area contributed by atoms with Crippen LogP contribution in [0.25, 0.3) is 5.65 Å². The van der Waals surface area contributed by atoms with Crippen molar-refractivity contribution < 1.29 is 19.5 Å². The second kappa shape index (κ2) is 10.0. The molecule has 1 aliphatic carbocycles. The molecule has 3 aromatic rings. The van der Waals surface area contributed by atoms with Crippen molar-refractivity contribution in [1.82, 2.24) is 34.7 Å². The number of carbonyl (C=O) groups excluding carboxylic acids is 3. The van der Waals surface area contributed by atoms with Crippen molar-refractivity contribution in [3.05, 3.63) is 62.1 Å². The van der Waals surface area contributed by atoms with Crippen LogP contribution < -0.4 is 21.8 Å². The highest BCUT2D eigenvalue weighted by Gasteiger charge is 2.41. The lowest BCUT2D eigenvalue weighted by atomic mass is 9.80. The summed E-state index contributed by atoms with van der Waals surface area (Å²) in [5.41, 5.74) is -1.78. The van der Waals surface area contributed by atoms with Gasteiger partial charge in [0.15, 0.2) is 17.1 Å². The summed E-state index contributed by atoms with van der Waals surface area (Å²) >= 11 is 0. The van der Waals surface area contributed by atoms with E-state index in [1.807, 2.05) is 13.8 Å². The molecule has 4 heterocycles. The molecule has 206 valence electrons. The fraction of sp³-hybridized carbons (Fsp3) is 0.462. The topological polar surface area (TPSA) is 171 Å². The lowest BCUT2D eigenvalue weighted by Crippen LogP contribution is -2.59. The minimum absolute atomic E-state index is 0.0712. The molecule has 3 aromatic heterocycles. The number of hydrogen-bond donors (Lipinski definition) is 4. The summed E-state index contributed by atoms with van der Waals surface area (Å²) in [5.74, 6) is -2.00. The Hall–Kier alpha value is -4.42. The van der Waals surface area contributed by atoms with Crippen LogP contribution >= 0.6 is 0 Å². The van der Waals surface area contributed by atoms with E-state index in [4.69, 9.17) is 0 Å². The largest absolute Gasteiger partial charge is 0.503 e. The number of aromatic amines is 1. The van der Waals surface area contributed by atoms with E-state index in [-0.39, 0.29) is 29.5 Å². The fourth-order valence-corrected chi connectivity index (χ4v) is 5.54. The van der Waals surface area contributed by atoms with Crippen molar-refractivity contribution in [3.8, 4) is 5.75 Å². The summed E-state index contributed by atoms with van der Waals surface area (Å²) in [5, 5.41) is 22.4. The molecule has 39 heavy (non-hydrogen) atoms. The van der Waals surface area contributed by atoms with Crippen LogP contribution in [0.5, 0.6) is 5.75 Å². The zero-order valence-corrected chi connectivity index (χ0v) is 21.8. The number of pyridine rings is 2. The molecule has 0 unspecified atom stereocenters. The highest BCUT2D eigenvalue weighted by molar-refractivity contribution is 6.03. The second-order valence-corrected chi connectivity index (χ2v) is 10.4. The van der Waals surface area contributed by atoms with Crippen molar-refractivity contribution in [2.75, 3.05) is 6.54 Å². The van der Waals surface area contributed by atoms with E-state index in [1.165, 1.54) is 22.7 Å². The molecule has 13 nitrogen and oxygen atoms in total. The lowest BCUT2D eigenvalue weighted by molar-refractivity contribution is -0.128. The van der Waals surface area contributed by atoms with E-state index in [2.05, 4.69) is 20.8 Å². The van der Waals surface area contributed by atoms with E-state index in [9.17, 15) is 29.1 Å². The average molecular weight is 538 g/mol. The van der Waals surface area contributed by atoms with Gasteiger partial charge in [0, 0.05) is 37.1 Å². The molecule has 0 radical (unpaired) electrons. The van der Waals surface area contributed by atoms with Gasteiger partial charge < -0.3 is 25.2 Å². The Kier molecular flexibility index (Phi) is 6.74. The first-order chi connectivity index (χ1) is 18.6. The molecular formula is C26H31N7O6. The zero-order valence-electron chi connectivity index (χ0n) is 21.8. The third-order valence-electron chi connectivity index (χ3n) is 7.64. The highest BCUT2D eigenvalue weighted by atomic mass is 16.3. The van der Waals surface area contributed by atoms with Crippen LogP contribution in [-0.4, -0.2) is 65.0 Å². The van der Waals surface area contributed by atoms with Gasteiger partial charge in [-0.1, -0.05) is 19.3 Å². The SMILES string of the molecule is CC(C)N1CCn2c(CNC(=O)C3(NC(=O)c4cccn5c(=O)[nH]nc45)CCCCC3)cc(=O)c(O)c2C1=O. The van der Waals surface area contributed by atoms with Gasteiger partial charge in [-0.25, -0.2) is 14.3 Å². The number of carbonyl (C=O) groups is 3. The summed E-state index contributed by atoms with van der Waals surface area (Å²) in [6, 6.07) is 4.20. The van der Waals surface area contributed by atoms with E-state index < -0.39 is 40.1 Å². The molecule has 1 saturated carbocycles. The molecular weight excluding hydrogens is 506 g/mol. The molecule has 0 aromatic carbocycles. The Morgan fingerprint density at radius 1 is 1.15 bits per heavy atom. The number of H-pyrrole nitrogens is 1. The number of fused-ring (bicyclic) bond motifs is 2. The standard InChI is InChI=1S/C26H31N7O6/c1-15(2)31-11-12-32-16(13-18(34)20(35)19(32)23(31)37)14-27-24(38)26(8-4-3-5-9-26)28-22(36)17-7-6-10-33-21(17)29-30-25(33)39/h6-7,10,13,15,35H,3-5,8-9,11-12,14H2,1-2H3,(H,27,38)(H,28,36)(H,30,39). The summed E-state index contributed by atoms with van der Waals surface area (Å²) < 4.78 is 2.79. The van der Waals surface area contributed by atoms with E-state index >= 15 is 0 Å². The highest BCUT2D eigenvalue weighted by Crippen LogP contribution is 2.30. The van der Waals surface area contributed by atoms with Crippen LogP contribution in [0, 0.1) is 0 Å². The van der Waals surface area contributed by atoms with Gasteiger partial charge in [0.25, 0.3) is 11.8 Å². The Balaban J connectivity index is 1.40. The Bertz CT molecular complexity index is 1580. The monoisotopic (exact) mass is 537 g/mol. The quantitative estimate of drug-likeness (QED) is 0.355. The van der Waals surface area contributed by atoms with Crippen molar-refractivity contribution in [3.63, 3.8) is 0 Å². The fourth-order valence-electron chi connectivity index (χ4n) is 5.54. The molecule has 0 spiro atoms. The maximum absolute atomic E-state index is 13.6. The number of nitrogens with one attached hydrogen (secondary N) is 3. The predicted molar refractivity (Wildman–Crippen MR) is 139 cm³/mol. The van der Waals surface area contributed by atoms with Crippen LogP contribution in [0.3, 0.4) is 0 Å². The van der Waals surface area contributed by atoms with Gasteiger partial charge in [0.05, 0.1) is 12.1 Å². The van der Waals surface area contributed by atoms with Crippen LogP contribution in [0.15, 0.2) is 34.0 Å².